The summed E-state index contributed by atoms with van der Waals surface area (Å²) in [5.41, 5.74) is 2.32. The van der Waals surface area contributed by atoms with E-state index >= 15 is 0 Å². The molecule has 0 unspecified atom stereocenters. The van der Waals surface area contributed by atoms with Crippen molar-refractivity contribution in [3.63, 3.8) is 0 Å². The highest BCUT2D eigenvalue weighted by molar-refractivity contribution is 14.1. The normalized spacial score (nSPS) is 10.3. The fourth-order valence-electron chi connectivity index (χ4n) is 1.88. The Labute approximate surface area is 142 Å². The highest BCUT2D eigenvalue weighted by atomic mass is 127. The van der Waals surface area contributed by atoms with Crippen molar-refractivity contribution < 1.29 is 9.53 Å². The van der Waals surface area contributed by atoms with Crippen molar-refractivity contribution in [2.45, 2.75) is 13.8 Å². The average molecular weight is 416 g/mol. The number of anilines is 1. The summed E-state index contributed by atoms with van der Waals surface area (Å²) in [5, 5.41) is 3.32. The van der Waals surface area contributed by atoms with E-state index in [2.05, 4.69) is 27.9 Å². The summed E-state index contributed by atoms with van der Waals surface area (Å²) < 4.78 is 6.49. The zero-order valence-electron chi connectivity index (χ0n) is 11.7. The number of hydrogen-bond acceptors (Lipinski definition) is 2. The Morgan fingerprint density at radius 3 is 2.67 bits per heavy atom. The summed E-state index contributed by atoms with van der Waals surface area (Å²) >= 11 is 8.34. The molecule has 2 aromatic carbocycles. The fourth-order valence-corrected chi connectivity index (χ4v) is 2.76. The Bertz CT molecular complexity index is 673. The number of hydrogen-bond donors (Lipinski definition) is 1. The van der Waals surface area contributed by atoms with E-state index in [1.165, 1.54) is 0 Å². The molecule has 110 valence electrons. The predicted molar refractivity (Wildman–Crippen MR) is 94.5 cm³/mol. The van der Waals surface area contributed by atoms with Gasteiger partial charge in [0.1, 0.15) is 5.75 Å². The summed E-state index contributed by atoms with van der Waals surface area (Å²) in [4.78, 5) is 12.3. The molecule has 0 spiro atoms. The summed E-state index contributed by atoms with van der Waals surface area (Å²) in [6, 6.07) is 10.9. The summed E-state index contributed by atoms with van der Waals surface area (Å²) in [6.45, 7) is 4.38. The van der Waals surface area contributed by atoms with Crippen LogP contribution in [0.15, 0.2) is 36.4 Å². The molecule has 0 saturated carbocycles. The number of aryl methyl sites for hydroxylation is 1. The molecule has 0 aromatic heterocycles. The predicted octanol–water partition coefficient (Wildman–Crippen LogP) is 4.90. The van der Waals surface area contributed by atoms with Crippen LogP contribution in [0, 0.1) is 10.5 Å². The maximum atomic E-state index is 12.3. The number of benzene rings is 2. The van der Waals surface area contributed by atoms with Crippen LogP contribution in [-0.2, 0) is 0 Å². The van der Waals surface area contributed by atoms with Crippen molar-refractivity contribution in [2.24, 2.45) is 0 Å². The van der Waals surface area contributed by atoms with Gasteiger partial charge in [-0.2, -0.15) is 0 Å². The molecule has 0 bridgehead atoms. The number of ether oxygens (including phenoxy) is 1. The van der Waals surface area contributed by atoms with Gasteiger partial charge < -0.3 is 10.1 Å². The van der Waals surface area contributed by atoms with Gasteiger partial charge in [0.05, 0.1) is 11.6 Å². The minimum atomic E-state index is -0.191. The Morgan fingerprint density at radius 2 is 2.05 bits per heavy atom. The van der Waals surface area contributed by atoms with Crippen LogP contribution in [0.4, 0.5) is 5.69 Å². The number of halogens is 2. The molecule has 0 saturated heterocycles. The second-order valence-corrected chi connectivity index (χ2v) is 6.14. The van der Waals surface area contributed by atoms with Gasteiger partial charge in [0.15, 0.2) is 0 Å². The molecule has 0 fully saturated rings. The molecule has 1 N–H and O–H groups in total. The van der Waals surface area contributed by atoms with E-state index in [9.17, 15) is 4.79 Å². The lowest BCUT2D eigenvalue weighted by Gasteiger charge is -2.10. The largest absolute Gasteiger partial charge is 0.492 e. The molecule has 1 amide bonds. The molecular weight excluding hydrogens is 401 g/mol. The van der Waals surface area contributed by atoms with Crippen molar-refractivity contribution in [1.29, 1.82) is 0 Å². The number of amides is 1. The van der Waals surface area contributed by atoms with Crippen LogP contribution in [0.2, 0.25) is 5.02 Å². The van der Waals surface area contributed by atoms with E-state index in [1.807, 2.05) is 32.0 Å². The topological polar surface area (TPSA) is 38.3 Å². The van der Waals surface area contributed by atoms with Crippen LogP contribution in [0.25, 0.3) is 0 Å². The van der Waals surface area contributed by atoms with Crippen molar-refractivity contribution in [2.75, 3.05) is 11.9 Å². The molecular formula is C16H15ClINO2. The molecule has 5 heteroatoms. The minimum absolute atomic E-state index is 0.191. The summed E-state index contributed by atoms with van der Waals surface area (Å²) in [5.74, 6) is 0.394. The second kappa shape index (κ2) is 7.13. The third-order valence-electron chi connectivity index (χ3n) is 2.93. The first-order valence-corrected chi connectivity index (χ1v) is 7.96. The molecule has 0 aliphatic rings. The summed E-state index contributed by atoms with van der Waals surface area (Å²) in [7, 11) is 0. The van der Waals surface area contributed by atoms with Gasteiger partial charge in [-0.1, -0.05) is 11.6 Å². The van der Waals surface area contributed by atoms with E-state index in [1.54, 1.807) is 18.2 Å². The van der Waals surface area contributed by atoms with Crippen molar-refractivity contribution >= 4 is 45.8 Å². The minimum Gasteiger partial charge on any atom is -0.492 e. The van der Waals surface area contributed by atoms with Crippen molar-refractivity contribution in [1.82, 2.24) is 0 Å². The van der Waals surface area contributed by atoms with Gasteiger partial charge in [-0.3, -0.25) is 4.79 Å². The first kappa shape index (κ1) is 16.1. The SMILES string of the molecule is CCOc1ccc(C(=O)Nc2ccc(I)cc2C)cc1Cl. The lowest BCUT2D eigenvalue weighted by Crippen LogP contribution is -2.13. The van der Waals surface area contributed by atoms with E-state index < -0.39 is 0 Å². The first-order valence-electron chi connectivity index (χ1n) is 6.51. The van der Waals surface area contributed by atoms with Crippen LogP contribution in [0.5, 0.6) is 5.75 Å². The number of carbonyl (C=O) groups is 1. The van der Waals surface area contributed by atoms with E-state index in [4.69, 9.17) is 16.3 Å². The van der Waals surface area contributed by atoms with Crippen molar-refractivity contribution in [3.8, 4) is 5.75 Å². The van der Waals surface area contributed by atoms with E-state index in [0.717, 1.165) is 14.8 Å². The standard InChI is InChI=1S/C16H15ClINO2/c1-3-21-15-7-4-11(9-13(15)17)16(20)19-14-6-5-12(18)8-10(14)2/h4-9H,3H2,1-2H3,(H,19,20). The lowest BCUT2D eigenvalue weighted by molar-refractivity contribution is 0.102. The first-order chi connectivity index (χ1) is 10.0. The van der Waals surface area contributed by atoms with Gasteiger partial charge in [-0.15, -0.1) is 0 Å². The maximum Gasteiger partial charge on any atom is 0.255 e. The van der Waals surface area contributed by atoms with Crippen LogP contribution in [0.3, 0.4) is 0 Å². The Kier molecular flexibility index (Phi) is 5.47. The summed E-state index contributed by atoms with van der Waals surface area (Å²) in [6.07, 6.45) is 0. The molecule has 3 nitrogen and oxygen atoms in total. The smallest absolute Gasteiger partial charge is 0.255 e. The van der Waals surface area contributed by atoms with Gasteiger partial charge in [0, 0.05) is 14.8 Å². The Hall–Kier alpha value is -1.27. The van der Waals surface area contributed by atoms with Gasteiger partial charge in [-0.05, 0) is 78.4 Å². The lowest BCUT2D eigenvalue weighted by atomic mass is 10.1. The fraction of sp³-hybridized carbons (Fsp3) is 0.188. The zero-order chi connectivity index (χ0) is 15.4. The van der Waals surface area contributed by atoms with Crippen LogP contribution >= 0.6 is 34.2 Å². The molecule has 0 radical (unpaired) electrons. The Balaban J connectivity index is 2.18. The molecule has 21 heavy (non-hydrogen) atoms. The highest BCUT2D eigenvalue weighted by Gasteiger charge is 2.11. The monoisotopic (exact) mass is 415 g/mol. The third kappa shape index (κ3) is 4.11. The van der Waals surface area contributed by atoms with Crippen LogP contribution in [0.1, 0.15) is 22.8 Å². The molecule has 2 rings (SSSR count). The molecule has 0 aliphatic carbocycles. The number of rotatable bonds is 4. The number of carbonyl (C=O) groups excluding carboxylic acids is 1. The Morgan fingerprint density at radius 1 is 1.29 bits per heavy atom. The maximum absolute atomic E-state index is 12.3. The van der Waals surface area contributed by atoms with Crippen molar-refractivity contribution in [3.05, 3.63) is 56.1 Å². The highest BCUT2D eigenvalue weighted by Crippen LogP contribution is 2.26. The molecule has 2 aromatic rings. The van der Waals surface area contributed by atoms with E-state index in [0.29, 0.717) is 22.9 Å². The van der Waals surface area contributed by atoms with E-state index in [-0.39, 0.29) is 5.91 Å². The third-order valence-corrected chi connectivity index (χ3v) is 3.90. The number of nitrogens with one attached hydrogen (secondary N) is 1. The van der Waals surface area contributed by atoms with Gasteiger partial charge in [-0.25, -0.2) is 0 Å². The van der Waals surface area contributed by atoms with Gasteiger partial charge in [0.25, 0.3) is 5.91 Å². The van der Waals surface area contributed by atoms with Gasteiger partial charge >= 0.3 is 0 Å². The zero-order valence-corrected chi connectivity index (χ0v) is 14.7. The molecule has 0 aliphatic heterocycles. The quantitative estimate of drug-likeness (QED) is 0.721. The second-order valence-electron chi connectivity index (χ2n) is 4.49. The van der Waals surface area contributed by atoms with Gasteiger partial charge in [0.2, 0.25) is 0 Å². The van der Waals surface area contributed by atoms with Crippen LogP contribution in [-0.4, -0.2) is 12.5 Å². The average Bonchev–Trinajstić information content (AvgIpc) is 2.44. The molecule has 0 heterocycles. The van der Waals surface area contributed by atoms with Crippen LogP contribution < -0.4 is 10.1 Å². The molecule has 0 atom stereocenters.